The molecular weight excluding hydrogens is 342 g/mol. The quantitative estimate of drug-likeness (QED) is 0.770. The number of hydrogen-bond donors (Lipinski definition) is 0. The van der Waals surface area contributed by atoms with E-state index in [9.17, 15) is 8.42 Å². The molecule has 0 amide bonds. The zero-order valence-corrected chi connectivity index (χ0v) is 15.3. The molecule has 2 atom stereocenters. The third-order valence-electron chi connectivity index (χ3n) is 4.54. The van der Waals surface area contributed by atoms with E-state index < -0.39 is 10.0 Å². The molecule has 2 aromatic rings. The molecule has 24 heavy (non-hydrogen) atoms. The van der Waals surface area contributed by atoms with Crippen molar-refractivity contribution in [3.63, 3.8) is 0 Å². The van der Waals surface area contributed by atoms with Gasteiger partial charge in [-0.3, -0.25) is 0 Å². The summed E-state index contributed by atoms with van der Waals surface area (Å²) in [6.07, 6.45) is 2.06. The fraction of sp³-hybridized carbons (Fsp3) is 0.368. The zero-order chi connectivity index (χ0) is 17.2. The van der Waals surface area contributed by atoms with Gasteiger partial charge < -0.3 is 0 Å². The Hall–Kier alpha value is -1.36. The van der Waals surface area contributed by atoms with Crippen molar-refractivity contribution in [3.8, 4) is 0 Å². The van der Waals surface area contributed by atoms with Crippen molar-refractivity contribution in [1.82, 2.24) is 4.31 Å². The van der Waals surface area contributed by atoms with E-state index >= 15 is 0 Å². The molecule has 0 aromatic heterocycles. The molecule has 1 aliphatic heterocycles. The molecule has 0 unspecified atom stereocenters. The van der Waals surface area contributed by atoms with E-state index in [0.29, 0.717) is 30.7 Å². The first-order valence-corrected chi connectivity index (χ1v) is 10.1. The van der Waals surface area contributed by atoms with Gasteiger partial charge in [-0.15, -0.1) is 11.6 Å². The fourth-order valence-corrected chi connectivity index (χ4v) is 5.17. The summed E-state index contributed by atoms with van der Waals surface area (Å²) in [4.78, 5) is 0.360. The van der Waals surface area contributed by atoms with Crippen LogP contribution in [0.2, 0.25) is 0 Å². The molecule has 0 radical (unpaired) electrons. The average molecular weight is 364 g/mol. The van der Waals surface area contributed by atoms with Crippen molar-refractivity contribution in [1.29, 1.82) is 0 Å². The number of aryl methyl sites for hydroxylation is 1. The normalized spacial score (nSPS) is 22.4. The van der Waals surface area contributed by atoms with Crippen LogP contribution in [0.25, 0.3) is 0 Å². The lowest BCUT2D eigenvalue weighted by atomic mass is 9.97. The smallest absolute Gasteiger partial charge is 0.207 e. The van der Waals surface area contributed by atoms with Crippen LogP contribution < -0.4 is 0 Å². The lowest BCUT2D eigenvalue weighted by Gasteiger charge is -2.37. The predicted octanol–water partition coefficient (Wildman–Crippen LogP) is 4.00. The van der Waals surface area contributed by atoms with Gasteiger partial charge in [0.05, 0.1) is 4.90 Å². The summed E-state index contributed by atoms with van der Waals surface area (Å²) in [7, 11) is -3.50. The Labute approximate surface area is 149 Å². The molecule has 1 heterocycles. The first-order valence-electron chi connectivity index (χ1n) is 8.23. The van der Waals surface area contributed by atoms with E-state index in [1.807, 2.05) is 49.4 Å². The molecule has 0 spiro atoms. The molecule has 0 saturated carbocycles. The number of hydrogen-bond acceptors (Lipinski definition) is 2. The summed E-state index contributed by atoms with van der Waals surface area (Å²) in [5.41, 5.74) is 2.19. The summed E-state index contributed by atoms with van der Waals surface area (Å²) in [6, 6.07) is 17.0. The molecule has 5 heteroatoms. The SMILES string of the molecule is Cc1ccc(S(=O)(=O)N2CC[C@H](Cl)C[C@H]2Cc2ccccc2)cc1. The van der Waals surface area contributed by atoms with Gasteiger partial charge in [-0.25, -0.2) is 8.42 Å². The van der Waals surface area contributed by atoms with Crippen LogP contribution in [-0.4, -0.2) is 30.7 Å². The minimum atomic E-state index is -3.50. The Kier molecular flexibility index (Phi) is 5.28. The lowest BCUT2D eigenvalue weighted by Crippen LogP contribution is -2.47. The Morgan fingerprint density at radius 3 is 2.42 bits per heavy atom. The van der Waals surface area contributed by atoms with E-state index in [1.54, 1.807) is 16.4 Å². The maximum absolute atomic E-state index is 13.1. The minimum Gasteiger partial charge on any atom is -0.207 e. The fourth-order valence-electron chi connectivity index (χ4n) is 3.21. The molecule has 3 rings (SSSR count). The second kappa shape index (κ2) is 7.26. The van der Waals surface area contributed by atoms with Gasteiger partial charge in [-0.2, -0.15) is 4.31 Å². The van der Waals surface area contributed by atoms with Crippen LogP contribution in [0.3, 0.4) is 0 Å². The van der Waals surface area contributed by atoms with Crippen molar-refractivity contribution in [2.45, 2.75) is 42.5 Å². The van der Waals surface area contributed by atoms with Crippen LogP contribution in [0.5, 0.6) is 0 Å². The predicted molar refractivity (Wildman–Crippen MR) is 97.9 cm³/mol. The highest BCUT2D eigenvalue weighted by atomic mass is 35.5. The lowest BCUT2D eigenvalue weighted by molar-refractivity contribution is 0.254. The third kappa shape index (κ3) is 3.82. The van der Waals surface area contributed by atoms with Crippen LogP contribution >= 0.6 is 11.6 Å². The summed E-state index contributed by atoms with van der Waals surface area (Å²) in [6.45, 7) is 2.43. The van der Waals surface area contributed by atoms with Gasteiger partial charge in [-0.05, 0) is 43.9 Å². The largest absolute Gasteiger partial charge is 0.243 e. The molecule has 1 saturated heterocycles. The maximum Gasteiger partial charge on any atom is 0.243 e. The number of piperidine rings is 1. The molecule has 2 aromatic carbocycles. The minimum absolute atomic E-state index is 0.0307. The number of benzene rings is 2. The third-order valence-corrected chi connectivity index (χ3v) is 6.90. The first kappa shape index (κ1) is 17.5. The molecule has 0 bridgehead atoms. The monoisotopic (exact) mass is 363 g/mol. The number of nitrogens with zero attached hydrogens (tertiary/aromatic N) is 1. The van der Waals surface area contributed by atoms with Crippen molar-refractivity contribution >= 4 is 21.6 Å². The Bertz CT molecular complexity index is 775. The molecule has 128 valence electrons. The van der Waals surface area contributed by atoms with E-state index in [-0.39, 0.29) is 11.4 Å². The van der Waals surface area contributed by atoms with Crippen LogP contribution in [0.15, 0.2) is 59.5 Å². The van der Waals surface area contributed by atoms with Crippen LogP contribution in [0.1, 0.15) is 24.0 Å². The number of sulfonamides is 1. The van der Waals surface area contributed by atoms with Gasteiger partial charge in [0.1, 0.15) is 0 Å². The molecule has 1 aliphatic rings. The second-order valence-electron chi connectivity index (χ2n) is 6.39. The van der Waals surface area contributed by atoms with E-state index in [2.05, 4.69) is 0 Å². The van der Waals surface area contributed by atoms with Crippen molar-refractivity contribution in [3.05, 3.63) is 65.7 Å². The van der Waals surface area contributed by atoms with Gasteiger partial charge in [0, 0.05) is 18.0 Å². The van der Waals surface area contributed by atoms with Gasteiger partial charge in [0.25, 0.3) is 0 Å². The molecular formula is C19H22ClNO2S. The van der Waals surface area contributed by atoms with Gasteiger partial charge >= 0.3 is 0 Å². The summed E-state index contributed by atoms with van der Waals surface area (Å²) in [5.74, 6) is 0. The number of alkyl halides is 1. The van der Waals surface area contributed by atoms with Gasteiger partial charge in [0.2, 0.25) is 10.0 Å². The Morgan fingerprint density at radius 1 is 1.08 bits per heavy atom. The highest BCUT2D eigenvalue weighted by Crippen LogP contribution is 2.30. The molecule has 0 N–H and O–H groups in total. The zero-order valence-electron chi connectivity index (χ0n) is 13.7. The summed E-state index contributed by atoms with van der Waals surface area (Å²) >= 11 is 6.34. The molecule has 1 fully saturated rings. The van der Waals surface area contributed by atoms with Crippen LogP contribution in [0, 0.1) is 6.92 Å². The van der Waals surface area contributed by atoms with E-state index in [4.69, 9.17) is 11.6 Å². The van der Waals surface area contributed by atoms with E-state index in [0.717, 1.165) is 11.1 Å². The van der Waals surface area contributed by atoms with Crippen LogP contribution in [0.4, 0.5) is 0 Å². The Balaban J connectivity index is 1.89. The summed E-state index contributed by atoms with van der Waals surface area (Å²) in [5, 5.41) is 0.0307. The highest BCUT2D eigenvalue weighted by molar-refractivity contribution is 7.89. The average Bonchev–Trinajstić information content (AvgIpc) is 2.56. The summed E-state index contributed by atoms with van der Waals surface area (Å²) < 4.78 is 27.8. The van der Waals surface area contributed by atoms with Crippen molar-refractivity contribution < 1.29 is 8.42 Å². The van der Waals surface area contributed by atoms with Gasteiger partial charge in [-0.1, -0.05) is 48.0 Å². The second-order valence-corrected chi connectivity index (χ2v) is 8.90. The first-order chi connectivity index (χ1) is 11.5. The molecule has 0 aliphatic carbocycles. The Morgan fingerprint density at radius 2 is 1.75 bits per heavy atom. The van der Waals surface area contributed by atoms with Gasteiger partial charge in [0.15, 0.2) is 0 Å². The van der Waals surface area contributed by atoms with Crippen LogP contribution in [-0.2, 0) is 16.4 Å². The van der Waals surface area contributed by atoms with E-state index in [1.165, 1.54) is 0 Å². The molecule has 3 nitrogen and oxygen atoms in total. The number of rotatable bonds is 4. The maximum atomic E-state index is 13.1. The van der Waals surface area contributed by atoms with Crippen molar-refractivity contribution in [2.24, 2.45) is 0 Å². The number of halogens is 1. The topological polar surface area (TPSA) is 37.4 Å². The highest BCUT2D eigenvalue weighted by Gasteiger charge is 2.36. The van der Waals surface area contributed by atoms with Crippen molar-refractivity contribution in [2.75, 3.05) is 6.54 Å². The standard InChI is InChI=1S/C19H22ClNO2S/c1-15-7-9-19(10-8-15)24(22,23)21-12-11-17(20)14-18(21)13-16-5-3-2-4-6-16/h2-10,17-18H,11-14H2,1H3/t17-,18+/m0/s1.